The van der Waals surface area contributed by atoms with Crippen molar-refractivity contribution in [3.63, 3.8) is 0 Å². The number of halogens is 7. The first-order chi connectivity index (χ1) is 4.18. The van der Waals surface area contributed by atoms with Crippen LogP contribution >= 0.6 is 10.7 Å². The second kappa shape index (κ2) is 3.07. The third-order valence-corrected chi connectivity index (χ3v) is 0. The number of hydrogen-bond donors (Lipinski definition) is 0. The molecule has 0 aliphatic carbocycles. The van der Waals surface area contributed by atoms with Gasteiger partial charge in [0.2, 0.25) is 0 Å². The second-order valence-electron chi connectivity index (χ2n) is 1.68. The van der Waals surface area contributed by atoms with Gasteiger partial charge in [-0.2, -0.15) is 0 Å². The molecule has 0 unspecified atom stereocenters. The zero-order chi connectivity index (χ0) is 9.99. The number of hydrogen-bond acceptors (Lipinski definition) is 0. The van der Waals surface area contributed by atoms with Gasteiger partial charge in [-0.3, -0.25) is 0 Å². The van der Waals surface area contributed by atoms with E-state index in [1.807, 2.05) is 12.5 Å². The van der Waals surface area contributed by atoms with E-state index in [0.717, 1.165) is 0 Å². The molecule has 0 saturated carbocycles. The average Bonchev–Trinajstić information content (AvgIpc) is 1.11. The molecule has 0 aliphatic rings. The zero-order valence-electron chi connectivity index (χ0n) is 5.50. The molecule has 0 atom stereocenters. The molecule has 0 N–H and O–H groups in total. The molecule has 0 nitrogen and oxygen atoms in total. The summed E-state index contributed by atoms with van der Waals surface area (Å²) in [7, 11) is 5.41. The van der Waals surface area contributed by atoms with Crippen LogP contribution in [0.2, 0.25) is 0 Å². The molecule has 0 amide bonds. The van der Waals surface area contributed by atoms with Crippen LogP contribution in [0.1, 0.15) is 0 Å². The summed E-state index contributed by atoms with van der Waals surface area (Å²) >= 11 is -11.2. The summed E-state index contributed by atoms with van der Waals surface area (Å²) in [5, 5.41) is 0. The Bertz CT molecular complexity index is 107. The standard InChI is InChI=1S/C2H6ClS.6FH.Sb/c1-4(2)3;;;;;;;/h1-2H3;6*1H;/q+1;;;;;;;+5/p-6. The summed E-state index contributed by atoms with van der Waals surface area (Å²) < 4.78 is 59.6. The summed E-state index contributed by atoms with van der Waals surface area (Å²) in [4.78, 5) is 0. The van der Waals surface area contributed by atoms with Crippen molar-refractivity contribution < 1.29 is 16.9 Å². The van der Waals surface area contributed by atoms with Crippen LogP contribution in [0.5, 0.6) is 0 Å². The van der Waals surface area contributed by atoms with Gasteiger partial charge < -0.3 is 0 Å². The Morgan fingerprint density at radius 2 is 0.909 bits per heavy atom. The molecular formula is C2H6ClF6SSb. The summed E-state index contributed by atoms with van der Waals surface area (Å²) in [5.41, 5.74) is 0. The van der Waals surface area contributed by atoms with Crippen molar-refractivity contribution in [2.45, 2.75) is 0 Å². The fourth-order valence-corrected chi connectivity index (χ4v) is 0. The summed E-state index contributed by atoms with van der Waals surface area (Å²) in [6.07, 6.45) is 3.92. The van der Waals surface area contributed by atoms with Gasteiger partial charge in [-0.1, -0.05) is 0 Å². The van der Waals surface area contributed by atoms with Crippen molar-refractivity contribution >= 4 is 40.3 Å². The molecule has 0 radical (unpaired) electrons. The van der Waals surface area contributed by atoms with Crippen molar-refractivity contribution in [1.29, 1.82) is 0 Å². The quantitative estimate of drug-likeness (QED) is 0.363. The van der Waals surface area contributed by atoms with Crippen LogP contribution in [0.15, 0.2) is 0 Å². The maximum atomic E-state index is 9.93. The molecule has 11 heavy (non-hydrogen) atoms. The summed E-state index contributed by atoms with van der Waals surface area (Å²) in [6.45, 7) is 0. The van der Waals surface area contributed by atoms with Crippen molar-refractivity contribution in [2.24, 2.45) is 0 Å². The van der Waals surface area contributed by atoms with Crippen LogP contribution in [0, 0.1) is 0 Å². The summed E-state index contributed by atoms with van der Waals surface area (Å²) in [5.74, 6) is 0. The Kier molecular flexibility index (Phi) is 4.06. The van der Waals surface area contributed by atoms with Gasteiger partial charge in [-0.05, 0) is 0 Å². The minimum absolute atomic E-state index is 0.111. The van der Waals surface area contributed by atoms with E-state index in [0.29, 0.717) is 0 Å². The van der Waals surface area contributed by atoms with Crippen molar-refractivity contribution in [2.75, 3.05) is 12.5 Å². The average molecular weight is 333 g/mol. The van der Waals surface area contributed by atoms with E-state index in [9.17, 15) is 16.9 Å². The monoisotopic (exact) mass is 332 g/mol. The topological polar surface area (TPSA) is 0 Å². The van der Waals surface area contributed by atoms with Crippen LogP contribution < -0.4 is 0 Å². The van der Waals surface area contributed by atoms with E-state index in [4.69, 9.17) is 10.7 Å². The molecule has 0 bridgehead atoms. The van der Waals surface area contributed by atoms with Crippen LogP contribution in [-0.4, -0.2) is 32.0 Å². The van der Waals surface area contributed by atoms with Crippen molar-refractivity contribution in [1.82, 2.24) is 0 Å². The SMILES string of the molecule is C[S+](C)Cl.[F][Sb-]([F])([F])([F])([F])[F]. The van der Waals surface area contributed by atoms with Gasteiger partial charge in [0.1, 0.15) is 12.5 Å². The molecule has 0 rings (SSSR count). The molecule has 0 fully saturated rings. The Labute approximate surface area is 69.6 Å². The van der Waals surface area contributed by atoms with Crippen LogP contribution in [-0.2, 0) is 10.1 Å². The first kappa shape index (κ1) is 14.6. The van der Waals surface area contributed by atoms with Crippen LogP contribution in [0.3, 0.4) is 0 Å². The van der Waals surface area contributed by atoms with Crippen molar-refractivity contribution in [3.8, 4) is 0 Å². The Balaban J connectivity index is 0. The molecule has 0 heterocycles. The van der Waals surface area contributed by atoms with Crippen molar-refractivity contribution in [3.05, 3.63) is 0 Å². The van der Waals surface area contributed by atoms with Crippen LogP contribution in [0.4, 0.5) is 16.9 Å². The maximum absolute atomic E-state index is 11.2. The van der Waals surface area contributed by atoms with Gasteiger partial charge >= 0.3 is 36.4 Å². The predicted octanol–water partition coefficient (Wildman–Crippen LogP) is 3.16. The molecule has 0 aromatic carbocycles. The molecule has 0 spiro atoms. The fraction of sp³-hybridized carbons (Fsp3) is 1.00. The Morgan fingerprint density at radius 3 is 0.909 bits per heavy atom. The molecule has 0 aromatic heterocycles. The second-order valence-corrected chi connectivity index (χ2v) is 10.4. The minimum atomic E-state index is -11.2. The van der Waals surface area contributed by atoms with Gasteiger partial charge in [0.05, 0.1) is 10.1 Å². The third kappa shape index (κ3) is 837. The molecule has 0 aliphatic heterocycles. The molecular weight excluding hydrogens is 327 g/mol. The number of rotatable bonds is 0. The molecule has 0 saturated heterocycles. The van der Waals surface area contributed by atoms with E-state index in [-0.39, 0.29) is 10.1 Å². The normalized spacial score (nSPS) is 18.0. The van der Waals surface area contributed by atoms with Crippen LogP contribution in [0.25, 0.3) is 0 Å². The molecule has 74 valence electrons. The predicted molar refractivity (Wildman–Crippen MR) is 37.5 cm³/mol. The van der Waals surface area contributed by atoms with Gasteiger partial charge in [-0.25, -0.2) is 0 Å². The fourth-order valence-electron chi connectivity index (χ4n) is 0. The summed E-state index contributed by atoms with van der Waals surface area (Å²) in [6, 6.07) is 0. The Morgan fingerprint density at radius 1 is 0.909 bits per heavy atom. The van der Waals surface area contributed by atoms with Gasteiger partial charge in [-0.15, -0.1) is 0 Å². The van der Waals surface area contributed by atoms with Gasteiger partial charge in [0.15, 0.2) is 10.7 Å². The van der Waals surface area contributed by atoms with E-state index in [1.54, 1.807) is 0 Å². The van der Waals surface area contributed by atoms with E-state index < -0.39 is 19.5 Å². The van der Waals surface area contributed by atoms with Gasteiger partial charge in [0.25, 0.3) is 0 Å². The zero-order valence-corrected chi connectivity index (χ0v) is 9.63. The van der Waals surface area contributed by atoms with Gasteiger partial charge in [0, 0.05) is 0 Å². The first-order valence-corrected chi connectivity index (χ1v) is 10.6. The Hall–Kier alpha value is 1.04. The first-order valence-electron chi connectivity index (χ1n) is 1.98. The molecule has 0 aromatic rings. The third-order valence-electron chi connectivity index (χ3n) is 0. The van der Waals surface area contributed by atoms with E-state index in [1.165, 1.54) is 0 Å². The van der Waals surface area contributed by atoms with E-state index in [2.05, 4.69) is 0 Å². The molecule has 9 heteroatoms. The van der Waals surface area contributed by atoms with E-state index >= 15 is 0 Å².